The highest BCUT2D eigenvalue weighted by molar-refractivity contribution is 7.17. The molecule has 0 aliphatic heterocycles. The van der Waals surface area contributed by atoms with Gasteiger partial charge >= 0.3 is 0 Å². The third-order valence-corrected chi connectivity index (χ3v) is 5.53. The lowest BCUT2D eigenvalue weighted by molar-refractivity contribution is 0.103. The SMILES string of the molecule is COCc1nnc(NC(=O)c2sc(-n3cccc3)nc2-c2ccccc2)s1. The lowest BCUT2D eigenvalue weighted by Gasteiger charge is -2.02. The molecule has 7 nitrogen and oxygen atoms in total. The highest BCUT2D eigenvalue weighted by Gasteiger charge is 2.21. The van der Waals surface area contributed by atoms with Crippen molar-refractivity contribution in [3.05, 3.63) is 64.7 Å². The van der Waals surface area contributed by atoms with E-state index in [0.717, 1.165) is 10.7 Å². The number of hydrogen-bond donors (Lipinski definition) is 1. The number of ether oxygens (including phenoxy) is 1. The van der Waals surface area contributed by atoms with Crippen LogP contribution in [0.5, 0.6) is 0 Å². The Bertz CT molecular complexity index is 1040. The van der Waals surface area contributed by atoms with Gasteiger partial charge in [-0.15, -0.1) is 10.2 Å². The summed E-state index contributed by atoms with van der Waals surface area (Å²) >= 11 is 2.61. The lowest BCUT2D eigenvalue weighted by atomic mass is 10.1. The number of carbonyl (C=O) groups is 1. The van der Waals surface area contributed by atoms with Crippen molar-refractivity contribution in [2.45, 2.75) is 6.61 Å². The second kappa shape index (κ2) is 7.78. The molecule has 0 saturated heterocycles. The third kappa shape index (κ3) is 3.80. The number of thiazole rings is 1. The zero-order valence-corrected chi connectivity index (χ0v) is 16.0. The number of nitrogens with zero attached hydrogens (tertiary/aromatic N) is 4. The first-order valence-corrected chi connectivity index (χ1v) is 9.70. The van der Waals surface area contributed by atoms with Crippen molar-refractivity contribution in [1.82, 2.24) is 19.7 Å². The second-order valence-electron chi connectivity index (χ2n) is 5.52. The minimum atomic E-state index is -0.259. The van der Waals surface area contributed by atoms with Gasteiger partial charge in [0.05, 0.1) is 5.69 Å². The molecule has 0 aliphatic carbocycles. The number of aromatic nitrogens is 4. The zero-order valence-electron chi connectivity index (χ0n) is 14.3. The van der Waals surface area contributed by atoms with Crippen LogP contribution in [0.25, 0.3) is 16.4 Å². The minimum Gasteiger partial charge on any atom is -0.377 e. The van der Waals surface area contributed by atoms with E-state index < -0.39 is 0 Å². The molecule has 0 spiro atoms. The van der Waals surface area contributed by atoms with Gasteiger partial charge in [-0.05, 0) is 12.1 Å². The molecule has 0 unspecified atom stereocenters. The van der Waals surface area contributed by atoms with E-state index in [1.54, 1.807) is 7.11 Å². The number of nitrogens with one attached hydrogen (secondary N) is 1. The van der Waals surface area contributed by atoms with E-state index in [0.29, 0.717) is 27.3 Å². The molecule has 4 aromatic rings. The van der Waals surface area contributed by atoms with E-state index >= 15 is 0 Å². The van der Waals surface area contributed by atoms with Crippen molar-refractivity contribution >= 4 is 33.7 Å². The maximum Gasteiger partial charge on any atom is 0.269 e. The van der Waals surface area contributed by atoms with E-state index in [1.807, 2.05) is 59.4 Å². The van der Waals surface area contributed by atoms with Crippen LogP contribution in [0.2, 0.25) is 0 Å². The summed E-state index contributed by atoms with van der Waals surface area (Å²) in [5.41, 5.74) is 1.53. The first-order valence-electron chi connectivity index (χ1n) is 8.07. The largest absolute Gasteiger partial charge is 0.377 e. The molecule has 1 aromatic carbocycles. The molecule has 3 heterocycles. The molecule has 27 heavy (non-hydrogen) atoms. The van der Waals surface area contributed by atoms with Crippen molar-refractivity contribution in [3.63, 3.8) is 0 Å². The predicted octanol–water partition coefficient (Wildman–Crippen LogP) is 3.85. The Labute approximate surface area is 163 Å². The van der Waals surface area contributed by atoms with Crippen LogP contribution in [0.15, 0.2) is 54.9 Å². The highest BCUT2D eigenvalue weighted by Crippen LogP contribution is 2.31. The monoisotopic (exact) mass is 397 g/mol. The van der Waals surface area contributed by atoms with Crippen LogP contribution >= 0.6 is 22.7 Å². The summed E-state index contributed by atoms with van der Waals surface area (Å²) in [6, 6.07) is 13.5. The Kier molecular flexibility index (Phi) is 5.05. The summed E-state index contributed by atoms with van der Waals surface area (Å²) in [5, 5.41) is 12.7. The average Bonchev–Trinajstić information content (AvgIpc) is 3.43. The van der Waals surface area contributed by atoms with Gasteiger partial charge in [0.15, 0.2) is 5.13 Å². The summed E-state index contributed by atoms with van der Waals surface area (Å²) < 4.78 is 6.92. The third-order valence-electron chi connectivity index (χ3n) is 3.65. The van der Waals surface area contributed by atoms with Gasteiger partial charge in [-0.2, -0.15) is 0 Å². The normalized spacial score (nSPS) is 10.9. The Morgan fingerprint density at radius 3 is 2.63 bits per heavy atom. The predicted molar refractivity (Wildman–Crippen MR) is 105 cm³/mol. The fourth-order valence-corrected chi connectivity index (χ4v) is 4.12. The molecule has 1 amide bonds. The maximum absolute atomic E-state index is 12.9. The highest BCUT2D eigenvalue weighted by atomic mass is 32.1. The fraction of sp³-hybridized carbons (Fsp3) is 0.111. The summed E-state index contributed by atoms with van der Waals surface area (Å²) in [6.07, 6.45) is 3.80. The molecule has 0 radical (unpaired) electrons. The van der Waals surface area contributed by atoms with Crippen molar-refractivity contribution in [3.8, 4) is 16.4 Å². The van der Waals surface area contributed by atoms with Gasteiger partial charge in [0.1, 0.15) is 16.5 Å². The van der Waals surface area contributed by atoms with Crippen LogP contribution in [0.1, 0.15) is 14.7 Å². The summed E-state index contributed by atoms with van der Waals surface area (Å²) in [4.78, 5) is 18.1. The van der Waals surface area contributed by atoms with Crippen LogP contribution in [0, 0.1) is 0 Å². The topological polar surface area (TPSA) is 81.9 Å². The van der Waals surface area contributed by atoms with Gasteiger partial charge in [0, 0.05) is 25.1 Å². The Hall–Kier alpha value is -2.88. The van der Waals surface area contributed by atoms with Crippen LogP contribution in [-0.4, -0.2) is 32.8 Å². The standard InChI is InChI=1S/C18H15N5O2S2/c1-25-11-13-21-22-17(26-13)20-16(24)15-14(12-7-3-2-4-8-12)19-18(27-15)23-9-5-6-10-23/h2-10H,11H2,1H3,(H,20,22,24). The number of anilines is 1. The number of rotatable bonds is 6. The van der Waals surface area contributed by atoms with Gasteiger partial charge < -0.3 is 9.30 Å². The Morgan fingerprint density at radius 2 is 1.89 bits per heavy atom. The van der Waals surface area contributed by atoms with E-state index in [1.165, 1.54) is 22.7 Å². The molecule has 9 heteroatoms. The maximum atomic E-state index is 12.9. The lowest BCUT2D eigenvalue weighted by Crippen LogP contribution is -2.11. The van der Waals surface area contributed by atoms with E-state index in [2.05, 4.69) is 20.5 Å². The van der Waals surface area contributed by atoms with Crippen LogP contribution in [0.3, 0.4) is 0 Å². The van der Waals surface area contributed by atoms with Gasteiger partial charge in [-0.1, -0.05) is 53.0 Å². The average molecular weight is 397 g/mol. The van der Waals surface area contributed by atoms with Crippen molar-refractivity contribution in [1.29, 1.82) is 0 Å². The fourth-order valence-electron chi connectivity index (χ4n) is 2.47. The molecule has 0 fully saturated rings. The Balaban J connectivity index is 1.68. The number of hydrogen-bond acceptors (Lipinski definition) is 7. The Morgan fingerprint density at radius 1 is 1.11 bits per heavy atom. The van der Waals surface area contributed by atoms with Crippen molar-refractivity contribution in [2.24, 2.45) is 0 Å². The summed E-state index contributed by atoms with van der Waals surface area (Å²) in [7, 11) is 1.59. The van der Waals surface area contributed by atoms with Crippen molar-refractivity contribution in [2.75, 3.05) is 12.4 Å². The van der Waals surface area contributed by atoms with E-state index in [4.69, 9.17) is 4.74 Å². The first kappa shape index (κ1) is 17.5. The number of benzene rings is 1. The van der Waals surface area contributed by atoms with Gasteiger partial charge in [0.2, 0.25) is 5.13 Å². The van der Waals surface area contributed by atoms with E-state index in [-0.39, 0.29) is 5.91 Å². The summed E-state index contributed by atoms with van der Waals surface area (Å²) in [5.74, 6) is -0.259. The molecular weight excluding hydrogens is 382 g/mol. The zero-order chi connectivity index (χ0) is 18.6. The number of carbonyl (C=O) groups excluding carboxylic acids is 1. The minimum absolute atomic E-state index is 0.259. The second-order valence-corrected chi connectivity index (χ2v) is 7.56. The van der Waals surface area contributed by atoms with Crippen molar-refractivity contribution < 1.29 is 9.53 Å². The molecule has 0 saturated carbocycles. The molecule has 3 aromatic heterocycles. The molecule has 0 bridgehead atoms. The smallest absolute Gasteiger partial charge is 0.269 e. The first-order chi connectivity index (χ1) is 13.2. The molecule has 0 aliphatic rings. The van der Waals surface area contributed by atoms with Gasteiger partial charge in [-0.3, -0.25) is 10.1 Å². The number of methoxy groups -OCH3 is 1. The quantitative estimate of drug-likeness (QED) is 0.534. The number of amides is 1. The molecule has 136 valence electrons. The van der Waals surface area contributed by atoms with Gasteiger partial charge in [-0.25, -0.2) is 4.98 Å². The van der Waals surface area contributed by atoms with Crippen LogP contribution in [-0.2, 0) is 11.3 Å². The van der Waals surface area contributed by atoms with Gasteiger partial charge in [0.25, 0.3) is 5.91 Å². The molecular formula is C18H15N5O2S2. The summed E-state index contributed by atoms with van der Waals surface area (Å²) in [6.45, 7) is 0.362. The molecule has 4 rings (SSSR count). The van der Waals surface area contributed by atoms with E-state index in [9.17, 15) is 4.79 Å². The van der Waals surface area contributed by atoms with Crippen LogP contribution in [0.4, 0.5) is 5.13 Å². The van der Waals surface area contributed by atoms with Crippen LogP contribution < -0.4 is 5.32 Å². The molecule has 1 N–H and O–H groups in total. The molecule has 0 atom stereocenters.